The van der Waals surface area contributed by atoms with E-state index in [0.29, 0.717) is 17.3 Å². The average molecular weight is 258 g/mol. The van der Waals surface area contributed by atoms with E-state index in [1.807, 2.05) is 11.8 Å². The van der Waals surface area contributed by atoms with Gasteiger partial charge in [0.2, 0.25) is 0 Å². The van der Waals surface area contributed by atoms with Gasteiger partial charge in [-0.15, -0.1) is 22.0 Å². The van der Waals surface area contributed by atoms with Gasteiger partial charge in [-0.05, 0) is 43.2 Å². The zero-order valence-corrected chi connectivity index (χ0v) is 11.0. The molecule has 92 valence electrons. The Hall–Kier alpha value is -1.62. The van der Waals surface area contributed by atoms with E-state index in [0.717, 1.165) is 12.0 Å². The Morgan fingerprint density at radius 3 is 3.00 bits per heavy atom. The maximum absolute atomic E-state index is 5.91. The monoisotopic (exact) mass is 258 g/mol. The van der Waals surface area contributed by atoms with Gasteiger partial charge >= 0.3 is 0 Å². The maximum atomic E-state index is 5.91. The summed E-state index contributed by atoms with van der Waals surface area (Å²) in [5, 5.41) is 8.13. The van der Waals surface area contributed by atoms with Gasteiger partial charge in [-0.3, -0.25) is 0 Å². The van der Waals surface area contributed by atoms with Crippen LogP contribution in [0.2, 0.25) is 0 Å². The van der Waals surface area contributed by atoms with Crippen molar-refractivity contribution in [3.05, 3.63) is 29.6 Å². The standard InChI is InChI=1S/C13H14N4S/c1-8-15-13(14)12(17-16-8)10-4-5-11-9(7-10)3-2-6-18-11/h4-5,7H,2-3,6H2,1H3,(H2,14,15,16). The topological polar surface area (TPSA) is 64.7 Å². The molecule has 2 heterocycles. The number of hydrogen-bond donors (Lipinski definition) is 1. The number of thioether (sulfide) groups is 1. The number of aryl methyl sites for hydroxylation is 2. The molecule has 0 bridgehead atoms. The van der Waals surface area contributed by atoms with Crippen LogP contribution in [0.15, 0.2) is 23.1 Å². The number of anilines is 1. The van der Waals surface area contributed by atoms with Crippen molar-refractivity contribution >= 4 is 17.6 Å². The Balaban J connectivity index is 2.06. The summed E-state index contributed by atoms with van der Waals surface area (Å²) in [5.41, 5.74) is 8.98. The Bertz CT molecular complexity index is 598. The summed E-state index contributed by atoms with van der Waals surface area (Å²) in [7, 11) is 0. The molecule has 0 saturated carbocycles. The van der Waals surface area contributed by atoms with E-state index in [9.17, 15) is 0 Å². The van der Waals surface area contributed by atoms with E-state index in [4.69, 9.17) is 5.73 Å². The van der Waals surface area contributed by atoms with Crippen molar-refractivity contribution in [2.75, 3.05) is 11.5 Å². The van der Waals surface area contributed by atoms with E-state index in [2.05, 4.69) is 33.4 Å². The number of aromatic nitrogens is 3. The fraction of sp³-hybridized carbons (Fsp3) is 0.308. The lowest BCUT2D eigenvalue weighted by Crippen LogP contribution is -2.03. The highest BCUT2D eigenvalue weighted by Crippen LogP contribution is 2.33. The molecule has 5 heteroatoms. The second kappa shape index (κ2) is 4.57. The lowest BCUT2D eigenvalue weighted by Gasteiger charge is -2.16. The maximum Gasteiger partial charge on any atom is 0.154 e. The summed E-state index contributed by atoms with van der Waals surface area (Å²) in [5.74, 6) is 2.26. The first-order chi connectivity index (χ1) is 8.74. The molecule has 0 saturated heterocycles. The molecule has 2 N–H and O–H groups in total. The number of nitrogens with zero attached hydrogens (tertiary/aromatic N) is 3. The van der Waals surface area contributed by atoms with Crippen molar-refractivity contribution < 1.29 is 0 Å². The van der Waals surface area contributed by atoms with Crippen LogP contribution in [-0.4, -0.2) is 20.9 Å². The predicted octanol–water partition coefficient (Wildman–Crippen LogP) is 2.47. The van der Waals surface area contributed by atoms with Crippen LogP contribution in [0.3, 0.4) is 0 Å². The van der Waals surface area contributed by atoms with E-state index >= 15 is 0 Å². The van der Waals surface area contributed by atoms with Gasteiger partial charge in [0.05, 0.1) is 0 Å². The Morgan fingerprint density at radius 1 is 1.28 bits per heavy atom. The van der Waals surface area contributed by atoms with E-state index in [-0.39, 0.29) is 0 Å². The quantitative estimate of drug-likeness (QED) is 0.851. The highest BCUT2D eigenvalue weighted by molar-refractivity contribution is 7.99. The fourth-order valence-corrected chi connectivity index (χ4v) is 3.16. The van der Waals surface area contributed by atoms with Crippen molar-refractivity contribution in [1.82, 2.24) is 15.2 Å². The number of benzene rings is 1. The molecule has 0 unspecified atom stereocenters. The fourth-order valence-electron chi connectivity index (χ4n) is 2.14. The molecule has 1 aromatic carbocycles. The zero-order chi connectivity index (χ0) is 12.5. The Labute approximate surface area is 110 Å². The van der Waals surface area contributed by atoms with Gasteiger partial charge in [0.25, 0.3) is 0 Å². The highest BCUT2D eigenvalue weighted by atomic mass is 32.2. The van der Waals surface area contributed by atoms with Crippen LogP contribution in [-0.2, 0) is 6.42 Å². The summed E-state index contributed by atoms with van der Waals surface area (Å²) >= 11 is 1.92. The number of fused-ring (bicyclic) bond motifs is 1. The van der Waals surface area contributed by atoms with Crippen LogP contribution >= 0.6 is 11.8 Å². The highest BCUT2D eigenvalue weighted by Gasteiger charge is 2.13. The molecule has 1 aromatic heterocycles. The molecular formula is C13H14N4S. The third-order valence-corrected chi connectivity index (χ3v) is 4.20. The van der Waals surface area contributed by atoms with Gasteiger partial charge < -0.3 is 5.73 Å². The van der Waals surface area contributed by atoms with Crippen LogP contribution < -0.4 is 5.73 Å². The minimum Gasteiger partial charge on any atom is -0.382 e. The number of nitrogens with two attached hydrogens (primary N) is 1. The van der Waals surface area contributed by atoms with Crippen molar-refractivity contribution in [1.29, 1.82) is 0 Å². The molecule has 0 atom stereocenters. The van der Waals surface area contributed by atoms with Crippen molar-refractivity contribution in [2.24, 2.45) is 0 Å². The average Bonchev–Trinajstić information content (AvgIpc) is 2.38. The van der Waals surface area contributed by atoms with Crippen molar-refractivity contribution in [2.45, 2.75) is 24.7 Å². The van der Waals surface area contributed by atoms with Crippen LogP contribution in [0.25, 0.3) is 11.3 Å². The van der Waals surface area contributed by atoms with Crippen LogP contribution in [0.1, 0.15) is 17.8 Å². The number of nitrogen functional groups attached to an aromatic ring is 1. The normalized spacial score (nSPS) is 14.3. The van der Waals surface area contributed by atoms with Gasteiger partial charge in [-0.1, -0.05) is 6.07 Å². The molecule has 4 nitrogen and oxygen atoms in total. The van der Waals surface area contributed by atoms with E-state index in [1.54, 1.807) is 6.92 Å². The number of hydrogen-bond acceptors (Lipinski definition) is 5. The minimum atomic E-state index is 0.450. The molecule has 0 radical (unpaired) electrons. The molecule has 0 amide bonds. The van der Waals surface area contributed by atoms with Gasteiger partial charge in [-0.25, -0.2) is 4.98 Å². The Morgan fingerprint density at radius 2 is 2.17 bits per heavy atom. The van der Waals surface area contributed by atoms with E-state index < -0.39 is 0 Å². The number of rotatable bonds is 1. The predicted molar refractivity (Wildman–Crippen MR) is 73.5 cm³/mol. The molecular weight excluding hydrogens is 244 g/mol. The van der Waals surface area contributed by atoms with Crippen LogP contribution in [0.5, 0.6) is 0 Å². The third-order valence-electron chi connectivity index (χ3n) is 3.00. The second-order valence-electron chi connectivity index (χ2n) is 4.37. The summed E-state index contributed by atoms with van der Waals surface area (Å²) in [6.07, 6.45) is 2.36. The molecule has 2 aromatic rings. The largest absolute Gasteiger partial charge is 0.382 e. The van der Waals surface area contributed by atoms with Crippen LogP contribution in [0.4, 0.5) is 5.82 Å². The molecule has 18 heavy (non-hydrogen) atoms. The molecule has 3 rings (SSSR count). The minimum absolute atomic E-state index is 0.450. The molecule has 0 spiro atoms. The Kier molecular flexibility index (Phi) is 2.91. The summed E-state index contributed by atoms with van der Waals surface area (Å²) in [4.78, 5) is 5.53. The molecule has 1 aliphatic rings. The summed E-state index contributed by atoms with van der Waals surface area (Å²) in [6, 6.07) is 6.36. The third kappa shape index (κ3) is 2.06. The molecule has 1 aliphatic heterocycles. The van der Waals surface area contributed by atoms with E-state index in [1.165, 1.54) is 22.6 Å². The summed E-state index contributed by atoms with van der Waals surface area (Å²) in [6.45, 7) is 1.79. The van der Waals surface area contributed by atoms with Gasteiger partial charge in [0.1, 0.15) is 11.5 Å². The smallest absolute Gasteiger partial charge is 0.154 e. The lowest BCUT2D eigenvalue weighted by atomic mass is 10.0. The SMILES string of the molecule is Cc1nnc(-c2ccc3c(c2)CCCS3)c(N)n1. The van der Waals surface area contributed by atoms with Crippen molar-refractivity contribution in [3.8, 4) is 11.3 Å². The first-order valence-electron chi connectivity index (χ1n) is 5.97. The molecule has 0 fully saturated rings. The molecule has 0 aliphatic carbocycles. The van der Waals surface area contributed by atoms with Gasteiger partial charge in [0, 0.05) is 10.5 Å². The summed E-state index contributed by atoms with van der Waals surface area (Å²) < 4.78 is 0. The first kappa shape index (κ1) is 11.5. The second-order valence-corrected chi connectivity index (χ2v) is 5.50. The van der Waals surface area contributed by atoms with Gasteiger partial charge in [-0.2, -0.15) is 0 Å². The van der Waals surface area contributed by atoms with Crippen molar-refractivity contribution in [3.63, 3.8) is 0 Å². The first-order valence-corrected chi connectivity index (χ1v) is 6.95. The lowest BCUT2D eigenvalue weighted by molar-refractivity contribution is 0.888. The zero-order valence-electron chi connectivity index (χ0n) is 10.2. The van der Waals surface area contributed by atoms with Gasteiger partial charge in [0.15, 0.2) is 5.82 Å². The van der Waals surface area contributed by atoms with Crippen LogP contribution in [0, 0.1) is 6.92 Å².